The van der Waals surface area contributed by atoms with Crippen molar-refractivity contribution in [3.05, 3.63) is 35.3 Å². The molecule has 4 nitrogen and oxygen atoms in total. The monoisotopic (exact) mass is 291 g/mol. The second-order valence-corrected chi connectivity index (χ2v) is 5.62. The van der Waals surface area contributed by atoms with Crippen molar-refractivity contribution in [1.82, 2.24) is 10.3 Å². The molecule has 2 aromatic rings. The predicted molar refractivity (Wildman–Crippen MR) is 85.3 cm³/mol. The first-order valence-corrected chi connectivity index (χ1v) is 7.54. The summed E-state index contributed by atoms with van der Waals surface area (Å²) in [6.07, 6.45) is 1.95. The molecule has 1 unspecified atom stereocenters. The molecule has 1 atom stereocenters. The Kier molecular flexibility index (Phi) is 4.98. The Balaban J connectivity index is 2.13. The van der Waals surface area contributed by atoms with E-state index in [1.807, 2.05) is 37.5 Å². The fourth-order valence-corrected chi connectivity index (χ4v) is 2.88. The Morgan fingerprint density at radius 2 is 2.05 bits per heavy atom. The van der Waals surface area contributed by atoms with Crippen molar-refractivity contribution in [1.29, 1.82) is 0 Å². The Labute approximate surface area is 124 Å². The van der Waals surface area contributed by atoms with Crippen molar-refractivity contribution in [2.24, 2.45) is 0 Å². The highest BCUT2D eigenvalue weighted by molar-refractivity contribution is 7.15. The first-order valence-electron chi connectivity index (χ1n) is 6.72. The van der Waals surface area contributed by atoms with Crippen LogP contribution in [0.3, 0.4) is 0 Å². The van der Waals surface area contributed by atoms with E-state index in [9.17, 15) is 0 Å². The Morgan fingerprint density at radius 1 is 1.35 bits per heavy atom. The number of aromatic nitrogens is 1. The summed E-state index contributed by atoms with van der Waals surface area (Å²) >= 11 is 1.71. The lowest BCUT2D eigenvalue weighted by molar-refractivity contribution is 0.415. The van der Waals surface area contributed by atoms with E-state index in [2.05, 4.69) is 29.0 Å². The number of anilines is 2. The Hall–Kier alpha value is -1.59. The third-order valence-electron chi connectivity index (χ3n) is 3.20. The lowest BCUT2D eigenvalue weighted by Crippen LogP contribution is -2.16. The van der Waals surface area contributed by atoms with E-state index in [0.717, 1.165) is 23.1 Å². The van der Waals surface area contributed by atoms with Crippen molar-refractivity contribution in [2.45, 2.75) is 19.9 Å². The van der Waals surface area contributed by atoms with Gasteiger partial charge in [-0.05, 0) is 37.7 Å². The standard InChI is InChI=1S/C15H21N3OS/c1-5-16-11(2)14-10-17-15(20-14)18(3)12-6-8-13(19-4)9-7-12/h6-11,16H,5H2,1-4H3. The van der Waals surface area contributed by atoms with Crippen molar-refractivity contribution in [3.63, 3.8) is 0 Å². The zero-order valence-electron chi connectivity index (χ0n) is 12.4. The molecular weight excluding hydrogens is 270 g/mol. The van der Waals surface area contributed by atoms with Crippen LogP contribution in [0.1, 0.15) is 24.8 Å². The molecule has 1 aromatic carbocycles. The SMILES string of the molecule is CCNC(C)c1cnc(N(C)c2ccc(OC)cc2)s1. The van der Waals surface area contributed by atoms with E-state index in [-0.39, 0.29) is 0 Å². The van der Waals surface area contributed by atoms with Crippen LogP contribution in [0.4, 0.5) is 10.8 Å². The minimum absolute atomic E-state index is 0.343. The minimum Gasteiger partial charge on any atom is -0.497 e. The summed E-state index contributed by atoms with van der Waals surface area (Å²) in [7, 11) is 3.70. The second-order valence-electron chi connectivity index (χ2n) is 4.58. The van der Waals surface area contributed by atoms with Crippen LogP contribution in [0.2, 0.25) is 0 Å². The van der Waals surface area contributed by atoms with Crippen molar-refractivity contribution < 1.29 is 4.74 Å². The number of thiazole rings is 1. The second kappa shape index (κ2) is 6.72. The van der Waals surface area contributed by atoms with Crippen LogP contribution < -0.4 is 15.0 Å². The highest BCUT2D eigenvalue weighted by atomic mass is 32.1. The van der Waals surface area contributed by atoms with Gasteiger partial charge in [0, 0.05) is 29.9 Å². The Morgan fingerprint density at radius 3 is 2.65 bits per heavy atom. The van der Waals surface area contributed by atoms with E-state index in [1.165, 1.54) is 4.88 Å². The average molecular weight is 291 g/mol. The molecule has 108 valence electrons. The Bertz CT molecular complexity index is 538. The molecule has 0 fully saturated rings. The van der Waals surface area contributed by atoms with Gasteiger partial charge in [-0.1, -0.05) is 18.3 Å². The summed E-state index contributed by atoms with van der Waals surface area (Å²) in [4.78, 5) is 7.85. The van der Waals surface area contributed by atoms with Gasteiger partial charge in [0.1, 0.15) is 5.75 Å². The molecule has 0 radical (unpaired) electrons. The van der Waals surface area contributed by atoms with Gasteiger partial charge in [-0.15, -0.1) is 0 Å². The molecule has 20 heavy (non-hydrogen) atoms. The predicted octanol–water partition coefficient (Wildman–Crippen LogP) is 3.59. The lowest BCUT2D eigenvalue weighted by Gasteiger charge is -2.16. The van der Waals surface area contributed by atoms with Gasteiger partial charge in [-0.2, -0.15) is 0 Å². The van der Waals surface area contributed by atoms with Gasteiger partial charge in [0.05, 0.1) is 7.11 Å². The molecule has 5 heteroatoms. The molecule has 0 spiro atoms. The maximum Gasteiger partial charge on any atom is 0.189 e. The lowest BCUT2D eigenvalue weighted by atomic mass is 10.3. The summed E-state index contributed by atoms with van der Waals surface area (Å²) in [5.74, 6) is 0.864. The highest BCUT2D eigenvalue weighted by Crippen LogP contribution is 2.31. The van der Waals surface area contributed by atoms with E-state index in [0.29, 0.717) is 6.04 Å². The molecule has 2 rings (SSSR count). The van der Waals surface area contributed by atoms with Crippen LogP contribution in [-0.4, -0.2) is 25.7 Å². The van der Waals surface area contributed by atoms with Gasteiger partial charge in [0.25, 0.3) is 0 Å². The van der Waals surface area contributed by atoms with Crippen LogP contribution in [0.15, 0.2) is 30.5 Å². The third kappa shape index (κ3) is 3.29. The maximum absolute atomic E-state index is 5.18. The third-order valence-corrected chi connectivity index (χ3v) is 4.45. The number of hydrogen-bond donors (Lipinski definition) is 1. The highest BCUT2D eigenvalue weighted by Gasteiger charge is 2.12. The molecule has 0 saturated carbocycles. The average Bonchev–Trinajstić information content (AvgIpc) is 2.97. The molecule has 0 aliphatic rings. The van der Waals surface area contributed by atoms with Gasteiger partial charge >= 0.3 is 0 Å². The van der Waals surface area contributed by atoms with Gasteiger partial charge in [0.15, 0.2) is 5.13 Å². The number of hydrogen-bond acceptors (Lipinski definition) is 5. The van der Waals surface area contributed by atoms with Crippen molar-refractivity contribution in [2.75, 3.05) is 25.6 Å². The molecule has 0 saturated heterocycles. The zero-order chi connectivity index (χ0) is 14.5. The van der Waals surface area contributed by atoms with Crippen LogP contribution >= 0.6 is 11.3 Å². The van der Waals surface area contributed by atoms with E-state index in [4.69, 9.17) is 4.74 Å². The number of rotatable bonds is 6. The molecule has 1 aromatic heterocycles. The molecule has 1 heterocycles. The number of nitrogens with zero attached hydrogens (tertiary/aromatic N) is 2. The summed E-state index contributed by atoms with van der Waals surface area (Å²) in [6.45, 7) is 5.23. The van der Waals surface area contributed by atoms with Gasteiger partial charge < -0.3 is 15.0 Å². The summed E-state index contributed by atoms with van der Waals surface area (Å²) < 4.78 is 5.18. The van der Waals surface area contributed by atoms with E-state index in [1.54, 1.807) is 18.4 Å². The minimum atomic E-state index is 0.343. The van der Waals surface area contributed by atoms with Crippen LogP contribution in [0.25, 0.3) is 0 Å². The molecule has 0 amide bonds. The summed E-state index contributed by atoms with van der Waals surface area (Å²) in [5, 5.41) is 4.40. The molecule has 0 aliphatic heterocycles. The van der Waals surface area contributed by atoms with Crippen LogP contribution in [0, 0.1) is 0 Å². The fourth-order valence-electron chi connectivity index (χ4n) is 1.96. The normalized spacial score (nSPS) is 12.2. The van der Waals surface area contributed by atoms with Crippen LogP contribution in [-0.2, 0) is 0 Å². The number of nitrogens with one attached hydrogen (secondary N) is 1. The maximum atomic E-state index is 5.18. The largest absolute Gasteiger partial charge is 0.497 e. The number of ether oxygens (including phenoxy) is 1. The van der Waals surface area contributed by atoms with Gasteiger partial charge in [0.2, 0.25) is 0 Å². The van der Waals surface area contributed by atoms with Crippen molar-refractivity contribution >= 4 is 22.2 Å². The van der Waals surface area contributed by atoms with E-state index >= 15 is 0 Å². The molecule has 0 bridgehead atoms. The van der Waals surface area contributed by atoms with Crippen molar-refractivity contribution in [3.8, 4) is 5.75 Å². The quantitative estimate of drug-likeness (QED) is 0.882. The topological polar surface area (TPSA) is 37.4 Å². The fraction of sp³-hybridized carbons (Fsp3) is 0.400. The van der Waals surface area contributed by atoms with Crippen LogP contribution in [0.5, 0.6) is 5.75 Å². The molecule has 0 aliphatic carbocycles. The molecule has 1 N–H and O–H groups in total. The first kappa shape index (κ1) is 14.8. The van der Waals surface area contributed by atoms with Gasteiger partial charge in [-0.3, -0.25) is 0 Å². The molecular formula is C15H21N3OS. The van der Waals surface area contributed by atoms with Gasteiger partial charge in [-0.25, -0.2) is 4.98 Å². The van der Waals surface area contributed by atoms with E-state index < -0.39 is 0 Å². The number of benzene rings is 1. The first-order chi connectivity index (χ1) is 9.65. The summed E-state index contributed by atoms with van der Waals surface area (Å²) in [6, 6.07) is 8.33. The smallest absolute Gasteiger partial charge is 0.189 e. The number of methoxy groups -OCH3 is 1. The zero-order valence-corrected chi connectivity index (χ0v) is 13.2. The summed E-state index contributed by atoms with van der Waals surface area (Å²) in [5.41, 5.74) is 1.10.